The van der Waals surface area contributed by atoms with E-state index in [9.17, 15) is 0 Å². The fraction of sp³-hybridized carbons (Fsp3) is 0.134. The molecule has 1 aliphatic carbocycles. The lowest BCUT2D eigenvalue weighted by atomic mass is 9.70. The summed E-state index contributed by atoms with van der Waals surface area (Å²) in [7, 11) is 0. The van der Waals surface area contributed by atoms with Gasteiger partial charge < -0.3 is 9.47 Å². The van der Waals surface area contributed by atoms with Crippen molar-refractivity contribution in [1.29, 1.82) is 0 Å². The number of benzene rings is 10. The van der Waals surface area contributed by atoms with Gasteiger partial charge in [-0.05, 0) is 140 Å². The van der Waals surface area contributed by atoms with E-state index in [1.165, 1.54) is 99.6 Å². The summed E-state index contributed by atoms with van der Waals surface area (Å²) in [5.74, 6) is 0. The van der Waals surface area contributed by atoms with Gasteiger partial charge in [0.1, 0.15) is 0 Å². The fourth-order valence-electron chi connectivity index (χ4n) is 11.7. The molecule has 0 aliphatic heterocycles. The van der Waals surface area contributed by atoms with Crippen molar-refractivity contribution in [1.82, 2.24) is 4.57 Å². The van der Waals surface area contributed by atoms with Crippen LogP contribution in [0.4, 0.5) is 17.1 Å². The molecule has 0 amide bonds. The molecule has 10 aromatic carbocycles. The standard InChI is InChI=1S/C67H56N2/c1-3-5-43-67(44-6-4-2)63-45-53(39-41-59(63)60-42-40-54(46-64(60)67)69-65-29-16-14-26-61(65)62-27-15-17-30-66(62)69)68(52-37-33-50(34-38-52)58-28-18-22-48-21-10-11-23-56(48)58)51-35-31-49(32-36-51)57-25-13-12-24-55(57)47-19-8-7-9-20-47/h7-42,45-46H,3-6,43-44H2,1-2H3. The number of nitrogens with zero attached hydrogens (tertiary/aromatic N) is 2. The number of fused-ring (bicyclic) bond motifs is 7. The maximum Gasteiger partial charge on any atom is 0.0541 e. The Balaban J connectivity index is 1.01. The molecule has 0 saturated carbocycles. The van der Waals surface area contributed by atoms with Crippen LogP contribution in [0.1, 0.15) is 63.5 Å². The summed E-state index contributed by atoms with van der Waals surface area (Å²) >= 11 is 0. The molecule has 0 spiro atoms. The van der Waals surface area contributed by atoms with Crippen molar-refractivity contribution in [3.8, 4) is 50.2 Å². The number of unbranched alkanes of at least 4 members (excludes halogenated alkanes) is 2. The van der Waals surface area contributed by atoms with Crippen molar-refractivity contribution in [2.45, 2.75) is 57.8 Å². The van der Waals surface area contributed by atoms with Crippen LogP contribution in [0.3, 0.4) is 0 Å². The van der Waals surface area contributed by atoms with E-state index in [4.69, 9.17) is 0 Å². The summed E-state index contributed by atoms with van der Waals surface area (Å²) < 4.78 is 2.50. The SMILES string of the molecule is CCCCC1(CCCC)c2cc(N(c3ccc(-c4ccccc4-c4ccccc4)cc3)c3ccc(-c4cccc5ccccc45)cc3)ccc2-c2ccc(-n3c4ccccc4c4ccccc43)cc21. The molecule has 0 bridgehead atoms. The van der Waals surface area contributed by atoms with Gasteiger partial charge in [0.25, 0.3) is 0 Å². The van der Waals surface area contributed by atoms with Crippen LogP contribution in [-0.4, -0.2) is 4.57 Å². The summed E-state index contributed by atoms with van der Waals surface area (Å²) in [5.41, 5.74) is 20.1. The molecule has 0 N–H and O–H groups in total. The predicted octanol–water partition coefficient (Wildman–Crippen LogP) is 19.1. The molecule has 1 aromatic heterocycles. The highest BCUT2D eigenvalue weighted by atomic mass is 15.1. The molecule has 0 fully saturated rings. The van der Waals surface area contributed by atoms with E-state index >= 15 is 0 Å². The highest BCUT2D eigenvalue weighted by Gasteiger charge is 2.43. The highest BCUT2D eigenvalue weighted by Crippen LogP contribution is 2.56. The maximum atomic E-state index is 2.57. The number of hydrogen-bond donors (Lipinski definition) is 0. The average molecular weight is 889 g/mol. The van der Waals surface area contributed by atoms with Gasteiger partial charge in [-0.2, -0.15) is 0 Å². The van der Waals surface area contributed by atoms with Gasteiger partial charge in [0.2, 0.25) is 0 Å². The van der Waals surface area contributed by atoms with Crippen molar-refractivity contribution in [2.75, 3.05) is 4.90 Å². The first-order chi connectivity index (χ1) is 34.1. The minimum absolute atomic E-state index is 0.129. The first-order valence-electron chi connectivity index (χ1n) is 25.0. The van der Waals surface area contributed by atoms with E-state index in [0.29, 0.717) is 0 Å². The quantitative estimate of drug-likeness (QED) is 0.112. The molecule has 0 saturated heterocycles. The van der Waals surface area contributed by atoms with Crippen molar-refractivity contribution < 1.29 is 0 Å². The molecule has 11 aromatic rings. The van der Waals surface area contributed by atoms with Crippen molar-refractivity contribution in [3.05, 3.63) is 242 Å². The van der Waals surface area contributed by atoms with Crippen LogP contribution in [0.15, 0.2) is 231 Å². The third-order valence-electron chi connectivity index (χ3n) is 15.0. The second-order valence-electron chi connectivity index (χ2n) is 19.0. The largest absolute Gasteiger partial charge is 0.310 e. The smallest absolute Gasteiger partial charge is 0.0541 e. The van der Waals surface area contributed by atoms with Gasteiger partial charge >= 0.3 is 0 Å². The predicted molar refractivity (Wildman–Crippen MR) is 295 cm³/mol. The number of rotatable bonds is 13. The van der Waals surface area contributed by atoms with E-state index in [1.54, 1.807) is 0 Å². The lowest BCUT2D eigenvalue weighted by molar-refractivity contribution is 0.414. The van der Waals surface area contributed by atoms with Gasteiger partial charge in [-0.25, -0.2) is 0 Å². The topological polar surface area (TPSA) is 8.17 Å². The molecule has 334 valence electrons. The molecular weight excluding hydrogens is 833 g/mol. The monoisotopic (exact) mass is 888 g/mol. The minimum atomic E-state index is -0.129. The highest BCUT2D eigenvalue weighted by molar-refractivity contribution is 6.09. The Morgan fingerprint density at radius 1 is 0.362 bits per heavy atom. The number of para-hydroxylation sites is 2. The first-order valence-corrected chi connectivity index (χ1v) is 25.0. The Labute approximate surface area is 406 Å². The Hall–Kier alpha value is -7.94. The molecule has 0 radical (unpaired) electrons. The molecule has 0 unspecified atom stereocenters. The van der Waals surface area contributed by atoms with Crippen LogP contribution < -0.4 is 4.90 Å². The Morgan fingerprint density at radius 2 is 0.826 bits per heavy atom. The minimum Gasteiger partial charge on any atom is -0.310 e. The van der Waals surface area contributed by atoms with Crippen LogP contribution >= 0.6 is 0 Å². The van der Waals surface area contributed by atoms with Crippen LogP contribution in [0.5, 0.6) is 0 Å². The summed E-state index contributed by atoms with van der Waals surface area (Å²) in [5, 5.41) is 5.11. The molecule has 1 heterocycles. The molecule has 2 heteroatoms. The van der Waals surface area contributed by atoms with E-state index in [2.05, 4.69) is 254 Å². The second kappa shape index (κ2) is 17.9. The van der Waals surface area contributed by atoms with Gasteiger partial charge in [0.05, 0.1) is 11.0 Å². The molecule has 69 heavy (non-hydrogen) atoms. The van der Waals surface area contributed by atoms with Crippen LogP contribution in [0.2, 0.25) is 0 Å². The second-order valence-corrected chi connectivity index (χ2v) is 19.0. The van der Waals surface area contributed by atoms with Gasteiger partial charge in [-0.15, -0.1) is 0 Å². The summed E-state index contributed by atoms with van der Waals surface area (Å²) in [6, 6.07) is 85.9. The molecular formula is C67H56N2. The summed E-state index contributed by atoms with van der Waals surface area (Å²) in [6.45, 7) is 4.70. The Morgan fingerprint density at radius 3 is 1.45 bits per heavy atom. The zero-order valence-corrected chi connectivity index (χ0v) is 39.6. The lowest BCUT2D eigenvalue weighted by Gasteiger charge is -2.34. The summed E-state index contributed by atoms with van der Waals surface area (Å²) in [4.78, 5) is 2.48. The van der Waals surface area contributed by atoms with Gasteiger partial charge in [0, 0.05) is 38.9 Å². The van der Waals surface area contributed by atoms with Gasteiger partial charge in [-0.1, -0.05) is 209 Å². The third-order valence-corrected chi connectivity index (χ3v) is 15.0. The summed E-state index contributed by atoms with van der Waals surface area (Å²) in [6.07, 6.45) is 6.85. The van der Waals surface area contributed by atoms with Crippen molar-refractivity contribution in [3.63, 3.8) is 0 Å². The number of hydrogen-bond acceptors (Lipinski definition) is 1. The van der Waals surface area contributed by atoms with E-state index in [0.717, 1.165) is 49.9 Å². The Bertz CT molecular complexity index is 3570. The first kappa shape index (κ1) is 42.4. The fourth-order valence-corrected chi connectivity index (χ4v) is 11.7. The average Bonchev–Trinajstić information content (AvgIpc) is 3.89. The number of anilines is 3. The van der Waals surface area contributed by atoms with Gasteiger partial charge in [0.15, 0.2) is 0 Å². The molecule has 12 rings (SSSR count). The molecule has 2 nitrogen and oxygen atoms in total. The lowest BCUT2D eigenvalue weighted by Crippen LogP contribution is -2.26. The van der Waals surface area contributed by atoms with E-state index in [1.807, 2.05) is 0 Å². The maximum absolute atomic E-state index is 2.57. The van der Waals surface area contributed by atoms with E-state index < -0.39 is 0 Å². The van der Waals surface area contributed by atoms with Crippen LogP contribution in [-0.2, 0) is 5.41 Å². The Kier molecular flexibility index (Phi) is 11.0. The molecule has 0 atom stereocenters. The van der Waals surface area contributed by atoms with Crippen molar-refractivity contribution >= 4 is 49.6 Å². The zero-order chi connectivity index (χ0) is 46.3. The third kappa shape index (κ3) is 7.34. The normalized spacial score (nSPS) is 12.7. The van der Waals surface area contributed by atoms with Crippen LogP contribution in [0.25, 0.3) is 82.8 Å². The van der Waals surface area contributed by atoms with Crippen LogP contribution in [0, 0.1) is 0 Å². The zero-order valence-electron chi connectivity index (χ0n) is 39.6. The van der Waals surface area contributed by atoms with Crippen molar-refractivity contribution in [2.24, 2.45) is 0 Å². The molecule has 1 aliphatic rings. The number of aromatic nitrogens is 1. The van der Waals surface area contributed by atoms with Gasteiger partial charge in [-0.3, -0.25) is 0 Å². The van der Waals surface area contributed by atoms with E-state index in [-0.39, 0.29) is 5.41 Å².